The van der Waals surface area contributed by atoms with E-state index in [1.165, 1.54) is 24.8 Å². The summed E-state index contributed by atoms with van der Waals surface area (Å²) in [5, 5.41) is 0. The molecule has 0 radical (unpaired) electrons. The van der Waals surface area contributed by atoms with Crippen molar-refractivity contribution < 1.29 is 9.53 Å². The number of hydrogen-bond acceptors (Lipinski definition) is 2. The Balaban J connectivity index is 1.98. The summed E-state index contributed by atoms with van der Waals surface area (Å²) >= 11 is 0. The van der Waals surface area contributed by atoms with Crippen LogP contribution in [0.1, 0.15) is 57.9 Å². The minimum absolute atomic E-state index is 0.253. The fourth-order valence-corrected chi connectivity index (χ4v) is 2.92. The lowest BCUT2D eigenvalue weighted by Gasteiger charge is -2.21. The third-order valence-corrected chi connectivity index (χ3v) is 4.17. The van der Waals surface area contributed by atoms with E-state index in [1.54, 1.807) is 0 Å². The van der Waals surface area contributed by atoms with Crippen molar-refractivity contribution in [2.75, 3.05) is 6.61 Å². The summed E-state index contributed by atoms with van der Waals surface area (Å²) in [6.07, 6.45) is 8.57. The zero-order chi connectivity index (χ0) is 15.1. The third kappa shape index (κ3) is 4.45. The zero-order valence-corrected chi connectivity index (χ0v) is 13.2. The lowest BCUT2D eigenvalue weighted by molar-refractivity contribution is -0.118. The van der Waals surface area contributed by atoms with Gasteiger partial charge in [0, 0.05) is 5.92 Å². The number of rotatable bonds is 7. The van der Waals surface area contributed by atoms with Crippen molar-refractivity contribution in [3.63, 3.8) is 0 Å². The fourth-order valence-electron chi connectivity index (χ4n) is 2.92. The average molecular weight is 286 g/mol. The molecule has 1 atom stereocenters. The van der Waals surface area contributed by atoms with Crippen LogP contribution in [0.15, 0.2) is 30.3 Å². The second-order valence-electron chi connectivity index (χ2n) is 5.76. The molecule has 1 aliphatic carbocycles. The summed E-state index contributed by atoms with van der Waals surface area (Å²) in [6, 6.07) is 8.08. The van der Waals surface area contributed by atoms with Gasteiger partial charge in [-0.1, -0.05) is 38.3 Å². The van der Waals surface area contributed by atoms with Gasteiger partial charge in [0.2, 0.25) is 0 Å². The van der Waals surface area contributed by atoms with E-state index in [2.05, 4.69) is 19.1 Å². The topological polar surface area (TPSA) is 26.3 Å². The van der Waals surface area contributed by atoms with Crippen molar-refractivity contribution >= 4 is 11.4 Å². The van der Waals surface area contributed by atoms with Crippen LogP contribution in [0.25, 0.3) is 5.57 Å². The van der Waals surface area contributed by atoms with Gasteiger partial charge in [0.25, 0.3) is 0 Å². The fraction of sp³-hybridized carbons (Fsp3) is 0.526. The molecule has 0 bridgehead atoms. The molecule has 21 heavy (non-hydrogen) atoms. The van der Waals surface area contributed by atoms with Crippen LogP contribution in [-0.4, -0.2) is 12.4 Å². The van der Waals surface area contributed by atoms with Crippen molar-refractivity contribution in [2.24, 2.45) is 5.92 Å². The van der Waals surface area contributed by atoms with Gasteiger partial charge in [0.05, 0.1) is 6.61 Å². The van der Waals surface area contributed by atoms with E-state index in [0.717, 1.165) is 30.6 Å². The number of ether oxygens (including phenoxy) is 1. The zero-order valence-electron chi connectivity index (χ0n) is 13.2. The molecule has 114 valence electrons. The van der Waals surface area contributed by atoms with Gasteiger partial charge in [-0.25, -0.2) is 0 Å². The van der Waals surface area contributed by atoms with E-state index in [1.807, 2.05) is 25.1 Å². The minimum Gasteiger partial charge on any atom is -0.494 e. The highest BCUT2D eigenvalue weighted by atomic mass is 16.5. The first-order chi connectivity index (χ1) is 10.2. The monoisotopic (exact) mass is 286 g/mol. The lowest BCUT2D eigenvalue weighted by Crippen LogP contribution is -2.17. The maximum Gasteiger partial charge on any atom is 0.159 e. The van der Waals surface area contributed by atoms with Gasteiger partial charge in [-0.15, -0.1) is 0 Å². The Morgan fingerprint density at radius 2 is 1.90 bits per heavy atom. The van der Waals surface area contributed by atoms with Crippen molar-refractivity contribution in [2.45, 2.75) is 52.4 Å². The van der Waals surface area contributed by atoms with Crippen LogP contribution >= 0.6 is 0 Å². The molecule has 2 rings (SSSR count). The van der Waals surface area contributed by atoms with Gasteiger partial charge in [-0.3, -0.25) is 4.79 Å². The first kappa shape index (κ1) is 15.8. The Labute approximate surface area is 128 Å². The molecule has 0 amide bonds. The molecule has 1 aromatic carbocycles. The Kier molecular flexibility index (Phi) is 6.04. The minimum atomic E-state index is 0.253. The number of hydrogen-bond donors (Lipinski definition) is 0. The quantitative estimate of drug-likeness (QED) is 0.657. The molecular formula is C19H26O2. The first-order valence-electron chi connectivity index (χ1n) is 8.22. The molecule has 0 saturated carbocycles. The highest BCUT2D eigenvalue weighted by molar-refractivity contribution is 5.99. The van der Waals surface area contributed by atoms with Gasteiger partial charge >= 0.3 is 0 Å². The molecule has 0 N–H and O–H groups in total. The SMILES string of the molecule is CCCCC[C@@H]1CCC(c2ccc(OCC)cc2)=CC1=O. The molecule has 0 aromatic heterocycles. The van der Waals surface area contributed by atoms with E-state index in [4.69, 9.17) is 4.74 Å². The van der Waals surface area contributed by atoms with Gasteiger partial charge in [0.15, 0.2) is 5.78 Å². The van der Waals surface area contributed by atoms with Crippen LogP contribution in [0.3, 0.4) is 0 Å². The van der Waals surface area contributed by atoms with Crippen LogP contribution in [0.5, 0.6) is 5.75 Å². The Morgan fingerprint density at radius 1 is 1.14 bits per heavy atom. The highest BCUT2D eigenvalue weighted by Crippen LogP contribution is 2.31. The van der Waals surface area contributed by atoms with E-state index >= 15 is 0 Å². The van der Waals surface area contributed by atoms with Crippen LogP contribution in [0, 0.1) is 5.92 Å². The Bertz CT molecular complexity index is 485. The number of allylic oxidation sites excluding steroid dienone is 2. The van der Waals surface area contributed by atoms with Crippen LogP contribution < -0.4 is 4.74 Å². The number of unbranched alkanes of at least 4 members (excludes halogenated alkanes) is 2. The maximum atomic E-state index is 12.2. The molecule has 0 saturated heterocycles. The number of ketones is 1. The summed E-state index contributed by atoms with van der Waals surface area (Å²) in [5.41, 5.74) is 2.33. The molecule has 2 heteroatoms. The largest absolute Gasteiger partial charge is 0.494 e. The van der Waals surface area contributed by atoms with E-state index in [-0.39, 0.29) is 5.92 Å². The van der Waals surface area contributed by atoms with Gasteiger partial charge < -0.3 is 4.74 Å². The van der Waals surface area contributed by atoms with Crippen LogP contribution in [-0.2, 0) is 4.79 Å². The number of carbonyl (C=O) groups is 1. The molecule has 0 heterocycles. The molecular weight excluding hydrogens is 260 g/mol. The molecule has 1 aromatic rings. The molecule has 2 nitrogen and oxygen atoms in total. The summed E-state index contributed by atoms with van der Waals surface area (Å²) in [5.74, 6) is 1.46. The smallest absolute Gasteiger partial charge is 0.159 e. The van der Waals surface area contributed by atoms with Crippen molar-refractivity contribution in [1.29, 1.82) is 0 Å². The van der Waals surface area contributed by atoms with Crippen molar-refractivity contribution in [3.05, 3.63) is 35.9 Å². The van der Waals surface area contributed by atoms with Crippen LogP contribution in [0.2, 0.25) is 0 Å². The number of carbonyl (C=O) groups excluding carboxylic acids is 1. The van der Waals surface area contributed by atoms with Gasteiger partial charge in [-0.05, 0) is 55.5 Å². The van der Waals surface area contributed by atoms with E-state index in [9.17, 15) is 4.79 Å². The third-order valence-electron chi connectivity index (χ3n) is 4.17. The molecule has 1 aliphatic rings. The summed E-state index contributed by atoms with van der Waals surface area (Å²) in [6.45, 7) is 4.86. The average Bonchev–Trinajstić information content (AvgIpc) is 2.50. The Morgan fingerprint density at radius 3 is 2.52 bits per heavy atom. The standard InChI is InChI=1S/C19H26O2/c1-3-5-6-7-16-8-9-17(14-19(16)20)15-10-12-18(13-11-15)21-4-2/h10-14,16H,3-9H2,1-2H3/t16-/m1/s1. The predicted molar refractivity (Wildman–Crippen MR) is 87.5 cm³/mol. The lowest BCUT2D eigenvalue weighted by atomic mass is 9.83. The second-order valence-corrected chi connectivity index (χ2v) is 5.76. The number of benzene rings is 1. The predicted octanol–water partition coefficient (Wildman–Crippen LogP) is 5.03. The highest BCUT2D eigenvalue weighted by Gasteiger charge is 2.22. The summed E-state index contributed by atoms with van der Waals surface area (Å²) in [7, 11) is 0. The van der Waals surface area contributed by atoms with Crippen LogP contribution in [0.4, 0.5) is 0 Å². The van der Waals surface area contributed by atoms with E-state index in [0.29, 0.717) is 12.4 Å². The van der Waals surface area contributed by atoms with Crippen molar-refractivity contribution in [3.8, 4) is 5.75 Å². The molecule has 0 spiro atoms. The van der Waals surface area contributed by atoms with Gasteiger partial charge in [0.1, 0.15) is 5.75 Å². The maximum absolute atomic E-state index is 12.2. The first-order valence-corrected chi connectivity index (χ1v) is 8.22. The van der Waals surface area contributed by atoms with Gasteiger partial charge in [-0.2, -0.15) is 0 Å². The normalized spacial score (nSPS) is 18.5. The molecule has 0 unspecified atom stereocenters. The Hall–Kier alpha value is -1.57. The van der Waals surface area contributed by atoms with Crippen molar-refractivity contribution in [1.82, 2.24) is 0 Å². The van der Waals surface area contributed by atoms with E-state index < -0.39 is 0 Å². The summed E-state index contributed by atoms with van der Waals surface area (Å²) in [4.78, 5) is 12.2. The molecule has 0 fully saturated rings. The molecule has 0 aliphatic heterocycles. The summed E-state index contributed by atoms with van der Waals surface area (Å²) < 4.78 is 5.45. The second kappa shape index (κ2) is 8.02.